The van der Waals surface area contributed by atoms with Crippen molar-refractivity contribution in [2.24, 2.45) is 11.8 Å². The van der Waals surface area contributed by atoms with Crippen LogP contribution in [0.4, 0.5) is 0 Å². The molecule has 2 fully saturated rings. The Hall–Kier alpha value is -1.90. The topological polar surface area (TPSA) is 99.7 Å². The van der Waals surface area contributed by atoms with Crippen LogP contribution in [0.1, 0.15) is 0 Å². The second kappa shape index (κ2) is 5.05. The Balaban J connectivity index is 1.67. The summed E-state index contributed by atoms with van der Waals surface area (Å²) in [5.74, 6) is -1.85. The van der Waals surface area contributed by atoms with Crippen molar-refractivity contribution < 1.29 is 23.1 Å². The summed E-state index contributed by atoms with van der Waals surface area (Å²) in [6.07, 6.45) is 1.15. The SMILES string of the molecule is O=C(O)[C@@H]1CO[C@@H]2CN(S(=O)(=O)c3c[nH]c4ccccc34)C[C@@H]21. The summed E-state index contributed by atoms with van der Waals surface area (Å²) in [5, 5.41) is 9.86. The van der Waals surface area contributed by atoms with Gasteiger partial charge in [0, 0.05) is 36.1 Å². The lowest BCUT2D eigenvalue weighted by atomic mass is 9.94. The normalized spacial score (nSPS) is 28.3. The van der Waals surface area contributed by atoms with E-state index in [1.807, 2.05) is 12.1 Å². The molecule has 23 heavy (non-hydrogen) atoms. The lowest BCUT2D eigenvalue weighted by Crippen LogP contribution is -2.32. The second-order valence-electron chi connectivity index (χ2n) is 6.00. The molecule has 1 aromatic heterocycles. The van der Waals surface area contributed by atoms with Crippen LogP contribution in [0.2, 0.25) is 0 Å². The molecule has 3 atom stereocenters. The molecule has 0 radical (unpaired) electrons. The van der Waals surface area contributed by atoms with E-state index in [-0.39, 0.29) is 36.6 Å². The maximum Gasteiger partial charge on any atom is 0.309 e. The summed E-state index contributed by atoms with van der Waals surface area (Å²) >= 11 is 0. The number of carboxylic acid groups (broad SMARTS) is 1. The number of H-pyrrole nitrogens is 1. The number of carbonyl (C=O) groups is 1. The average molecular weight is 336 g/mol. The molecule has 7 nitrogen and oxygen atoms in total. The smallest absolute Gasteiger partial charge is 0.309 e. The van der Waals surface area contributed by atoms with Crippen molar-refractivity contribution in [2.45, 2.75) is 11.0 Å². The van der Waals surface area contributed by atoms with Gasteiger partial charge in [-0.2, -0.15) is 4.31 Å². The van der Waals surface area contributed by atoms with Gasteiger partial charge < -0.3 is 14.8 Å². The predicted molar refractivity (Wildman–Crippen MR) is 81.4 cm³/mol. The van der Waals surface area contributed by atoms with Crippen LogP contribution < -0.4 is 0 Å². The minimum absolute atomic E-state index is 0.158. The van der Waals surface area contributed by atoms with Crippen LogP contribution in [0.3, 0.4) is 0 Å². The summed E-state index contributed by atoms with van der Waals surface area (Å²) in [6, 6.07) is 7.20. The minimum atomic E-state index is -3.68. The molecular weight excluding hydrogens is 320 g/mol. The molecule has 2 saturated heterocycles. The number of hydrogen-bond donors (Lipinski definition) is 2. The van der Waals surface area contributed by atoms with Crippen LogP contribution in [-0.4, -0.2) is 54.6 Å². The number of rotatable bonds is 3. The first-order chi connectivity index (χ1) is 11.0. The number of aromatic amines is 1. The van der Waals surface area contributed by atoms with Gasteiger partial charge in [-0.25, -0.2) is 8.42 Å². The number of ether oxygens (including phenoxy) is 1. The Morgan fingerprint density at radius 3 is 2.87 bits per heavy atom. The fourth-order valence-electron chi connectivity index (χ4n) is 3.52. The number of carboxylic acids is 1. The molecule has 2 aromatic rings. The first-order valence-corrected chi connectivity index (χ1v) is 8.83. The van der Waals surface area contributed by atoms with Gasteiger partial charge in [0.1, 0.15) is 4.90 Å². The van der Waals surface area contributed by atoms with Crippen LogP contribution in [0.25, 0.3) is 10.9 Å². The highest BCUT2D eigenvalue weighted by Crippen LogP contribution is 2.37. The molecule has 2 N–H and O–H groups in total. The Kier molecular flexibility index (Phi) is 3.22. The first kappa shape index (κ1) is 14.7. The molecule has 0 spiro atoms. The number of fused-ring (bicyclic) bond motifs is 2. The third kappa shape index (κ3) is 2.17. The average Bonchev–Trinajstić information content (AvgIpc) is 3.20. The zero-order valence-electron chi connectivity index (χ0n) is 12.2. The molecule has 0 saturated carbocycles. The van der Waals surface area contributed by atoms with E-state index in [2.05, 4.69) is 4.98 Å². The van der Waals surface area contributed by atoms with Crippen molar-refractivity contribution in [1.29, 1.82) is 0 Å². The third-order valence-electron chi connectivity index (χ3n) is 4.77. The van der Waals surface area contributed by atoms with Gasteiger partial charge in [-0.3, -0.25) is 4.79 Å². The number of benzene rings is 1. The molecular formula is C15H16N2O5S. The zero-order valence-corrected chi connectivity index (χ0v) is 13.0. The van der Waals surface area contributed by atoms with Crippen molar-refractivity contribution in [3.63, 3.8) is 0 Å². The van der Waals surface area contributed by atoms with Gasteiger partial charge in [0.2, 0.25) is 10.0 Å². The van der Waals surface area contributed by atoms with E-state index in [4.69, 9.17) is 4.74 Å². The monoisotopic (exact) mass is 336 g/mol. The van der Waals surface area contributed by atoms with Gasteiger partial charge in [-0.1, -0.05) is 18.2 Å². The Bertz CT molecular complexity index is 875. The Morgan fingerprint density at radius 1 is 1.30 bits per heavy atom. The number of para-hydroxylation sites is 1. The molecule has 0 amide bonds. The summed E-state index contributed by atoms with van der Waals surface area (Å²) in [5.41, 5.74) is 0.755. The largest absolute Gasteiger partial charge is 0.481 e. The van der Waals surface area contributed by atoms with E-state index >= 15 is 0 Å². The highest BCUT2D eigenvalue weighted by Gasteiger charge is 2.50. The number of sulfonamides is 1. The summed E-state index contributed by atoms with van der Waals surface area (Å²) in [4.78, 5) is 14.4. The predicted octanol–water partition coefficient (Wildman–Crippen LogP) is 0.888. The van der Waals surface area contributed by atoms with Crippen molar-refractivity contribution in [3.8, 4) is 0 Å². The van der Waals surface area contributed by atoms with Gasteiger partial charge in [0.25, 0.3) is 0 Å². The number of nitrogens with zero attached hydrogens (tertiary/aromatic N) is 1. The second-order valence-corrected chi connectivity index (χ2v) is 7.91. The Labute approximate surface area is 132 Å². The van der Waals surface area contributed by atoms with E-state index < -0.39 is 21.9 Å². The summed E-state index contributed by atoms with van der Waals surface area (Å²) < 4.78 is 32.7. The van der Waals surface area contributed by atoms with Crippen LogP contribution in [0.5, 0.6) is 0 Å². The Morgan fingerprint density at radius 2 is 2.09 bits per heavy atom. The lowest BCUT2D eigenvalue weighted by Gasteiger charge is -2.17. The van der Waals surface area contributed by atoms with Crippen LogP contribution in [0.15, 0.2) is 35.4 Å². The van der Waals surface area contributed by atoms with Gasteiger partial charge in [-0.05, 0) is 6.07 Å². The minimum Gasteiger partial charge on any atom is -0.481 e. The maximum absolute atomic E-state index is 12.9. The highest BCUT2D eigenvalue weighted by molar-refractivity contribution is 7.89. The van der Waals surface area contributed by atoms with Gasteiger partial charge in [0.15, 0.2) is 0 Å². The molecule has 0 bridgehead atoms. The molecule has 3 heterocycles. The first-order valence-electron chi connectivity index (χ1n) is 7.39. The van der Waals surface area contributed by atoms with E-state index in [1.165, 1.54) is 10.5 Å². The third-order valence-corrected chi connectivity index (χ3v) is 6.64. The molecule has 8 heteroatoms. The van der Waals surface area contributed by atoms with Crippen molar-refractivity contribution >= 4 is 26.9 Å². The van der Waals surface area contributed by atoms with Gasteiger partial charge >= 0.3 is 5.97 Å². The summed E-state index contributed by atoms with van der Waals surface area (Å²) in [7, 11) is -3.68. The quantitative estimate of drug-likeness (QED) is 0.867. The molecule has 0 unspecified atom stereocenters. The number of aromatic nitrogens is 1. The van der Waals surface area contributed by atoms with Crippen molar-refractivity contribution in [1.82, 2.24) is 9.29 Å². The fraction of sp³-hybridized carbons (Fsp3) is 0.400. The van der Waals surface area contributed by atoms with E-state index in [1.54, 1.807) is 12.1 Å². The van der Waals surface area contributed by atoms with Gasteiger partial charge in [0.05, 0.1) is 18.6 Å². The van der Waals surface area contributed by atoms with E-state index in [9.17, 15) is 18.3 Å². The molecule has 0 aliphatic carbocycles. The highest BCUT2D eigenvalue weighted by atomic mass is 32.2. The fourth-order valence-corrected chi connectivity index (χ4v) is 5.18. The number of hydrogen-bond acceptors (Lipinski definition) is 4. The van der Waals surface area contributed by atoms with Crippen molar-refractivity contribution in [3.05, 3.63) is 30.5 Å². The molecule has 4 rings (SSSR count). The summed E-state index contributed by atoms with van der Waals surface area (Å²) in [6.45, 7) is 0.547. The maximum atomic E-state index is 12.9. The van der Waals surface area contributed by atoms with Crippen LogP contribution in [0, 0.1) is 11.8 Å². The zero-order chi connectivity index (χ0) is 16.2. The van der Waals surface area contributed by atoms with Gasteiger partial charge in [-0.15, -0.1) is 0 Å². The van der Waals surface area contributed by atoms with E-state index in [0.717, 1.165) is 5.52 Å². The standard InChI is InChI=1S/C15H16N2O5S/c18-15(19)11-8-22-13-7-17(6-10(11)13)23(20,21)14-5-16-12-4-2-1-3-9(12)14/h1-5,10-11,13,16H,6-8H2,(H,18,19)/t10-,11-,13-/m1/s1. The molecule has 2 aliphatic rings. The van der Waals surface area contributed by atoms with Crippen molar-refractivity contribution in [2.75, 3.05) is 19.7 Å². The molecule has 122 valence electrons. The molecule has 2 aliphatic heterocycles. The van der Waals surface area contributed by atoms with Crippen LogP contribution >= 0.6 is 0 Å². The lowest BCUT2D eigenvalue weighted by molar-refractivity contribution is -0.142. The van der Waals surface area contributed by atoms with E-state index in [0.29, 0.717) is 5.39 Å². The number of aliphatic carboxylic acids is 1. The van der Waals surface area contributed by atoms with Crippen LogP contribution in [-0.2, 0) is 19.6 Å². The number of nitrogens with one attached hydrogen (secondary N) is 1. The molecule has 1 aromatic carbocycles.